The molecule has 0 amide bonds. The fourth-order valence-corrected chi connectivity index (χ4v) is 10.9. The van der Waals surface area contributed by atoms with Crippen molar-refractivity contribution in [2.24, 2.45) is 0 Å². The molecule has 0 fully saturated rings. The maximum absolute atomic E-state index is 2.50. The molecule has 9 aromatic rings. The van der Waals surface area contributed by atoms with Gasteiger partial charge in [0.15, 0.2) is 0 Å². The molecule has 0 radical (unpaired) electrons. The van der Waals surface area contributed by atoms with E-state index in [1.165, 1.54) is 95.8 Å². The van der Waals surface area contributed by atoms with E-state index in [1.54, 1.807) is 0 Å². The molecule has 0 atom stereocenters. The predicted octanol–water partition coefficient (Wildman–Crippen LogP) is 13.6. The molecule has 1 heteroatoms. The fraction of sp³-hybridized carbons (Fsp3) is 0.167. The average Bonchev–Trinajstić information content (AvgIpc) is 3.45. The summed E-state index contributed by atoms with van der Waals surface area (Å²) in [5.41, 5.74) is 8.23. The van der Waals surface area contributed by atoms with E-state index in [4.69, 9.17) is 0 Å². The first-order valence-electron chi connectivity index (χ1n) is 17.4. The van der Waals surface area contributed by atoms with Gasteiger partial charge in [-0.25, -0.2) is 0 Å². The summed E-state index contributed by atoms with van der Waals surface area (Å²) in [6, 6.07) is 50.7. The van der Waals surface area contributed by atoms with E-state index in [-0.39, 0.29) is 25.3 Å². The number of fused-ring (bicyclic) bond motifs is 7. The van der Waals surface area contributed by atoms with Gasteiger partial charge in [-0.15, -0.1) is 0 Å². The van der Waals surface area contributed by atoms with Crippen molar-refractivity contribution in [3.63, 3.8) is 0 Å². The van der Waals surface area contributed by atoms with Crippen molar-refractivity contribution in [1.29, 1.82) is 0 Å². The zero-order valence-corrected chi connectivity index (χ0v) is 30.8. The minimum absolute atomic E-state index is 0.0263. The van der Waals surface area contributed by atoms with Crippen molar-refractivity contribution in [3.8, 4) is 22.3 Å². The van der Waals surface area contributed by atoms with E-state index in [0.717, 1.165) is 0 Å². The Morgan fingerprint density at radius 1 is 0.327 bits per heavy atom. The molecule has 0 aliphatic carbocycles. The van der Waals surface area contributed by atoms with Crippen molar-refractivity contribution in [1.82, 2.24) is 0 Å². The molecule has 0 aliphatic rings. The molecule has 0 saturated carbocycles. The van der Waals surface area contributed by atoms with Gasteiger partial charge >= 0.3 is 296 Å². The molecule has 9 rings (SSSR count). The van der Waals surface area contributed by atoms with Gasteiger partial charge in [-0.05, 0) is 0 Å². The van der Waals surface area contributed by atoms with Crippen molar-refractivity contribution >= 4 is 76.9 Å². The van der Waals surface area contributed by atoms with Crippen molar-refractivity contribution in [2.45, 2.75) is 52.4 Å². The molecule has 8 aromatic carbocycles. The summed E-state index contributed by atoms with van der Waals surface area (Å²) in [5, 5.41) is 13.6. The van der Waals surface area contributed by atoms with E-state index in [1.807, 2.05) is 0 Å². The molecule has 1 aromatic heterocycles. The van der Waals surface area contributed by atoms with E-state index >= 15 is 0 Å². The summed E-state index contributed by atoms with van der Waals surface area (Å²) in [6.45, 7) is 14.1. The van der Waals surface area contributed by atoms with Crippen LogP contribution in [0.1, 0.15) is 52.7 Å². The van der Waals surface area contributed by atoms with E-state index < -0.39 is 0 Å². The molecule has 238 valence electrons. The number of benzene rings is 8. The van der Waals surface area contributed by atoms with Crippen LogP contribution >= 0.6 is 0 Å². The Kier molecular flexibility index (Phi) is 6.77. The maximum atomic E-state index is 2.50. The van der Waals surface area contributed by atoms with Crippen molar-refractivity contribution < 1.29 is 0 Å². The first-order chi connectivity index (χ1) is 23.6. The van der Waals surface area contributed by atoms with Crippen molar-refractivity contribution in [2.75, 3.05) is 0 Å². The third kappa shape index (κ3) is 4.71. The van der Waals surface area contributed by atoms with E-state index in [9.17, 15) is 0 Å². The van der Waals surface area contributed by atoms with Crippen LogP contribution in [-0.2, 0) is 10.8 Å². The number of hydrogen-bond donors (Lipinski definition) is 0. The van der Waals surface area contributed by atoms with Crippen LogP contribution in [0.4, 0.5) is 0 Å². The first kappa shape index (κ1) is 30.4. The Bertz CT molecular complexity index is 2660. The topological polar surface area (TPSA) is 0 Å². The van der Waals surface area contributed by atoms with Gasteiger partial charge in [0.25, 0.3) is 0 Å². The van der Waals surface area contributed by atoms with Gasteiger partial charge < -0.3 is 0 Å². The summed E-state index contributed by atoms with van der Waals surface area (Å²) in [6.07, 6.45) is 0. The van der Waals surface area contributed by atoms with Gasteiger partial charge in [0.05, 0.1) is 0 Å². The molecule has 0 aliphatic heterocycles. The third-order valence-corrected chi connectivity index (χ3v) is 12.8. The number of hydrogen-bond acceptors (Lipinski definition) is 0. The molecular formula is C48H40Se. The van der Waals surface area contributed by atoms with Crippen molar-refractivity contribution in [3.05, 3.63) is 145 Å². The van der Waals surface area contributed by atoms with Crippen LogP contribution in [0.5, 0.6) is 0 Å². The Hall–Kier alpha value is -4.68. The zero-order chi connectivity index (χ0) is 33.7. The summed E-state index contributed by atoms with van der Waals surface area (Å²) in [5.74, 6) is 0. The Labute approximate surface area is 294 Å². The van der Waals surface area contributed by atoms with Crippen LogP contribution in [0.3, 0.4) is 0 Å². The van der Waals surface area contributed by atoms with Crippen LogP contribution in [0.2, 0.25) is 0 Å². The molecular weight excluding hydrogens is 655 g/mol. The Morgan fingerprint density at radius 3 is 1.10 bits per heavy atom. The Balaban J connectivity index is 1.28. The summed E-state index contributed by atoms with van der Waals surface area (Å²) >= 11 is 0.246. The summed E-state index contributed by atoms with van der Waals surface area (Å²) in [4.78, 5) is 0. The first-order valence-corrected chi connectivity index (χ1v) is 19.2. The quantitative estimate of drug-likeness (QED) is 0.125. The van der Waals surface area contributed by atoms with Gasteiger partial charge in [0.2, 0.25) is 0 Å². The molecule has 0 unspecified atom stereocenters. The standard InChI is InChI=1S/C48H40Se/c1-47(2,3)45-36-19-11-7-15-32(36)43(33-16-8-12-20-37(33)45)29-24-26-41-40(27-29)31-25-23-30(28-42(31)49-41)44-34-17-9-13-21-38(34)46(48(4,5)6)39-22-14-10-18-35(39)44/h7-28H,1-6H3. The SMILES string of the molecule is CC(C)(C)c1c2ccccc2c(-c2ccc3c(c2)[se]c2ccc(-c4c5ccccc5c(C(C)(C)C)c5ccccc45)cc23)c2ccccc12. The van der Waals surface area contributed by atoms with Gasteiger partial charge in [0, 0.05) is 0 Å². The van der Waals surface area contributed by atoms with Gasteiger partial charge in [0.1, 0.15) is 0 Å². The van der Waals surface area contributed by atoms with Crippen LogP contribution in [0, 0.1) is 0 Å². The normalized spacial score (nSPS) is 12.7. The average molecular weight is 696 g/mol. The van der Waals surface area contributed by atoms with Crippen LogP contribution < -0.4 is 0 Å². The van der Waals surface area contributed by atoms with E-state index in [2.05, 4.69) is 175 Å². The minimum atomic E-state index is 0.0263. The molecule has 0 nitrogen and oxygen atoms in total. The van der Waals surface area contributed by atoms with Crippen LogP contribution in [0.25, 0.3) is 84.6 Å². The molecule has 49 heavy (non-hydrogen) atoms. The van der Waals surface area contributed by atoms with Crippen LogP contribution in [0.15, 0.2) is 133 Å². The molecule has 0 saturated heterocycles. The number of rotatable bonds is 2. The Morgan fingerprint density at radius 2 is 0.694 bits per heavy atom. The molecule has 0 bridgehead atoms. The second-order valence-corrected chi connectivity index (χ2v) is 18.0. The van der Waals surface area contributed by atoms with Crippen LogP contribution in [-0.4, -0.2) is 14.5 Å². The van der Waals surface area contributed by atoms with Gasteiger partial charge in [-0.1, -0.05) is 0 Å². The predicted molar refractivity (Wildman–Crippen MR) is 217 cm³/mol. The summed E-state index contributed by atoms with van der Waals surface area (Å²) < 4.78 is 2.95. The third-order valence-electron chi connectivity index (χ3n) is 10.4. The molecule has 0 spiro atoms. The van der Waals surface area contributed by atoms with Gasteiger partial charge in [-0.2, -0.15) is 0 Å². The molecule has 0 N–H and O–H groups in total. The van der Waals surface area contributed by atoms with E-state index in [0.29, 0.717) is 0 Å². The monoisotopic (exact) mass is 696 g/mol. The van der Waals surface area contributed by atoms with Gasteiger partial charge in [-0.3, -0.25) is 0 Å². The fourth-order valence-electron chi connectivity index (χ4n) is 8.58. The zero-order valence-electron chi connectivity index (χ0n) is 29.1. The second kappa shape index (κ2) is 10.9. The molecule has 1 heterocycles. The summed E-state index contributed by atoms with van der Waals surface area (Å²) in [7, 11) is 0. The second-order valence-electron chi connectivity index (χ2n) is 15.7.